The lowest BCUT2D eigenvalue weighted by Gasteiger charge is -2.16. The summed E-state index contributed by atoms with van der Waals surface area (Å²) in [6.07, 6.45) is -0.0286. The summed E-state index contributed by atoms with van der Waals surface area (Å²) in [5.41, 5.74) is 0.378. The molecule has 0 spiro atoms. The normalized spacial score (nSPS) is 14.4. The molecule has 1 heterocycles. The van der Waals surface area contributed by atoms with Crippen LogP contribution >= 0.6 is 15.9 Å². The van der Waals surface area contributed by atoms with Gasteiger partial charge >= 0.3 is 5.97 Å². The number of aliphatic hydroxyl groups is 2. The molecule has 5 nitrogen and oxygen atoms in total. The van der Waals surface area contributed by atoms with Crippen molar-refractivity contribution in [1.29, 1.82) is 0 Å². The Hall–Kier alpha value is -0.980. The van der Waals surface area contributed by atoms with Crippen molar-refractivity contribution >= 4 is 21.9 Å². The number of halogens is 1. The van der Waals surface area contributed by atoms with E-state index in [4.69, 9.17) is 0 Å². The van der Waals surface area contributed by atoms with Crippen LogP contribution < -0.4 is 0 Å². The smallest absolute Gasteiger partial charge is 0.337 e. The van der Waals surface area contributed by atoms with Crippen molar-refractivity contribution in [2.24, 2.45) is 0 Å². The largest absolute Gasteiger partial charge is 0.467 e. The highest BCUT2D eigenvalue weighted by atomic mass is 79.9. The molecule has 0 aliphatic rings. The fourth-order valence-corrected chi connectivity index (χ4v) is 1.53. The predicted octanol–water partition coefficient (Wildman–Crippen LogP) is 0.411. The van der Waals surface area contributed by atoms with Crippen LogP contribution in [0.5, 0.6) is 0 Å². The average molecular weight is 276 g/mol. The van der Waals surface area contributed by atoms with E-state index in [-0.39, 0.29) is 0 Å². The van der Waals surface area contributed by atoms with Gasteiger partial charge in [-0.05, 0) is 22.0 Å². The molecule has 2 atom stereocenters. The number of rotatable bonds is 3. The molecule has 0 aliphatic heterocycles. The molecule has 6 heteroatoms. The molecule has 0 amide bonds. The van der Waals surface area contributed by atoms with Gasteiger partial charge in [0.1, 0.15) is 6.10 Å². The lowest BCUT2D eigenvalue weighted by molar-refractivity contribution is -0.156. The zero-order valence-corrected chi connectivity index (χ0v) is 9.51. The van der Waals surface area contributed by atoms with E-state index in [0.717, 1.165) is 7.11 Å². The molecule has 0 fully saturated rings. The van der Waals surface area contributed by atoms with Crippen LogP contribution in [0.4, 0.5) is 0 Å². The summed E-state index contributed by atoms with van der Waals surface area (Å²) in [5, 5.41) is 19.1. The molecule has 0 saturated heterocycles. The summed E-state index contributed by atoms with van der Waals surface area (Å²) in [6, 6.07) is 1.50. The van der Waals surface area contributed by atoms with Crippen LogP contribution in [0.1, 0.15) is 11.7 Å². The first-order valence-electron chi connectivity index (χ1n) is 4.11. The molecule has 0 aliphatic carbocycles. The highest BCUT2D eigenvalue weighted by molar-refractivity contribution is 9.10. The molecule has 0 saturated carbocycles. The first-order chi connectivity index (χ1) is 7.07. The Bertz CT molecular complexity index is 358. The molecule has 1 aromatic heterocycles. The minimum atomic E-state index is -1.60. The number of carbonyl (C=O) groups is 1. The maximum atomic E-state index is 11.0. The molecular formula is C9H10BrNO4. The number of aromatic nitrogens is 1. The summed E-state index contributed by atoms with van der Waals surface area (Å²) >= 11 is 3.15. The number of aliphatic hydroxyl groups excluding tert-OH is 2. The number of hydrogen-bond acceptors (Lipinski definition) is 5. The topological polar surface area (TPSA) is 79.7 Å². The molecule has 2 N–H and O–H groups in total. The highest BCUT2D eigenvalue weighted by Gasteiger charge is 2.27. The van der Waals surface area contributed by atoms with Crippen molar-refractivity contribution in [2.45, 2.75) is 12.2 Å². The van der Waals surface area contributed by atoms with E-state index in [2.05, 4.69) is 25.7 Å². The lowest BCUT2D eigenvalue weighted by atomic mass is 10.1. The number of pyridine rings is 1. The quantitative estimate of drug-likeness (QED) is 0.782. The number of ether oxygens (including phenoxy) is 1. The van der Waals surface area contributed by atoms with Gasteiger partial charge in [0.25, 0.3) is 0 Å². The minimum absolute atomic E-state index is 0.378. The maximum absolute atomic E-state index is 11.0. The van der Waals surface area contributed by atoms with E-state index >= 15 is 0 Å². The average Bonchev–Trinajstić information content (AvgIpc) is 2.26. The Morgan fingerprint density at radius 3 is 2.80 bits per heavy atom. The van der Waals surface area contributed by atoms with E-state index in [0.29, 0.717) is 10.0 Å². The van der Waals surface area contributed by atoms with E-state index in [1.165, 1.54) is 18.5 Å². The molecule has 0 bridgehead atoms. The summed E-state index contributed by atoms with van der Waals surface area (Å²) in [6.45, 7) is 0. The van der Waals surface area contributed by atoms with Gasteiger partial charge in [-0.25, -0.2) is 4.79 Å². The molecule has 0 aromatic carbocycles. The van der Waals surface area contributed by atoms with Gasteiger partial charge in [0, 0.05) is 22.4 Å². The van der Waals surface area contributed by atoms with Crippen LogP contribution in [0.3, 0.4) is 0 Å². The third-order valence-electron chi connectivity index (χ3n) is 1.86. The van der Waals surface area contributed by atoms with Gasteiger partial charge in [0.05, 0.1) is 7.11 Å². The summed E-state index contributed by atoms with van der Waals surface area (Å²) in [5.74, 6) is -0.883. The number of nitrogens with zero attached hydrogens (tertiary/aromatic N) is 1. The zero-order chi connectivity index (χ0) is 11.4. The predicted molar refractivity (Wildman–Crippen MR) is 54.9 cm³/mol. The molecule has 0 radical (unpaired) electrons. The number of esters is 1. The molecular weight excluding hydrogens is 266 g/mol. The van der Waals surface area contributed by atoms with Crippen molar-refractivity contribution < 1.29 is 19.7 Å². The third kappa shape index (κ3) is 2.74. The fraction of sp³-hybridized carbons (Fsp3) is 0.333. The Morgan fingerprint density at radius 2 is 2.27 bits per heavy atom. The number of carbonyl (C=O) groups excluding carboxylic acids is 1. The Balaban J connectivity index is 2.89. The van der Waals surface area contributed by atoms with E-state index in [9.17, 15) is 15.0 Å². The fourth-order valence-electron chi connectivity index (χ4n) is 1.05. The van der Waals surface area contributed by atoms with Crippen LogP contribution in [0.15, 0.2) is 22.9 Å². The molecule has 82 valence electrons. The minimum Gasteiger partial charge on any atom is -0.467 e. The van der Waals surface area contributed by atoms with Crippen LogP contribution in [-0.4, -0.2) is 34.4 Å². The molecule has 1 aromatic rings. The van der Waals surface area contributed by atoms with Crippen LogP contribution in [0.25, 0.3) is 0 Å². The standard InChI is InChI=1S/C9H10BrNO4/c1-15-9(14)8(13)7(12)5-2-3-11-4-6(5)10/h2-4,7-8,12-13H,1H3. The Morgan fingerprint density at radius 1 is 1.60 bits per heavy atom. The van der Waals surface area contributed by atoms with Crippen molar-refractivity contribution in [3.05, 3.63) is 28.5 Å². The third-order valence-corrected chi connectivity index (χ3v) is 2.53. The number of methoxy groups -OCH3 is 1. The van der Waals surface area contributed by atoms with Gasteiger partial charge in [-0.3, -0.25) is 4.98 Å². The second-order valence-electron chi connectivity index (χ2n) is 2.81. The maximum Gasteiger partial charge on any atom is 0.337 e. The molecule has 15 heavy (non-hydrogen) atoms. The van der Waals surface area contributed by atoms with Gasteiger partial charge in [-0.2, -0.15) is 0 Å². The highest BCUT2D eigenvalue weighted by Crippen LogP contribution is 2.24. The van der Waals surface area contributed by atoms with Crippen molar-refractivity contribution in [2.75, 3.05) is 7.11 Å². The van der Waals surface area contributed by atoms with Crippen molar-refractivity contribution in [1.82, 2.24) is 4.98 Å². The number of hydrogen-bond donors (Lipinski definition) is 2. The van der Waals surface area contributed by atoms with Crippen molar-refractivity contribution in [3.63, 3.8) is 0 Å². The van der Waals surface area contributed by atoms with Gasteiger partial charge in [0.2, 0.25) is 0 Å². The summed E-state index contributed by atoms with van der Waals surface area (Å²) in [7, 11) is 1.14. The van der Waals surface area contributed by atoms with Gasteiger partial charge in [-0.1, -0.05) is 0 Å². The first kappa shape index (κ1) is 12.1. The van der Waals surface area contributed by atoms with Gasteiger partial charge in [0.15, 0.2) is 6.10 Å². The lowest BCUT2D eigenvalue weighted by Crippen LogP contribution is -2.29. The van der Waals surface area contributed by atoms with Gasteiger partial charge < -0.3 is 14.9 Å². The van der Waals surface area contributed by atoms with Crippen molar-refractivity contribution in [3.8, 4) is 0 Å². The Kier molecular flexibility index (Phi) is 4.19. The molecule has 1 rings (SSSR count). The van der Waals surface area contributed by atoms with Gasteiger partial charge in [-0.15, -0.1) is 0 Å². The second-order valence-corrected chi connectivity index (χ2v) is 3.66. The van der Waals surface area contributed by atoms with E-state index in [1.54, 1.807) is 0 Å². The van der Waals surface area contributed by atoms with Crippen LogP contribution in [0, 0.1) is 0 Å². The summed E-state index contributed by atoms with van der Waals surface area (Å²) in [4.78, 5) is 14.8. The summed E-state index contributed by atoms with van der Waals surface area (Å²) < 4.78 is 4.83. The van der Waals surface area contributed by atoms with E-state index < -0.39 is 18.2 Å². The second kappa shape index (κ2) is 5.20. The van der Waals surface area contributed by atoms with E-state index in [1.807, 2.05) is 0 Å². The molecule has 2 unspecified atom stereocenters. The Labute approximate surface area is 94.8 Å². The van der Waals surface area contributed by atoms with Crippen LogP contribution in [-0.2, 0) is 9.53 Å². The monoisotopic (exact) mass is 275 g/mol. The SMILES string of the molecule is COC(=O)C(O)C(O)c1ccncc1Br. The first-order valence-corrected chi connectivity index (χ1v) is 4.90. The zero-order valence-electron chi connectivity index (χ0n) is 7.92. The van der Waals surface area contributed by atoms with Crippen LogP contribution in [0.2, 0.25) is 0 Å².